The second kappa shape index (κ2) is 5.75. The summed E-state index contributed by atoms with van der Waals surface area (Å²) in [4.78, 5) is 0. The first kappa shape index (κ1) is 16.5. The maximum Gasteiger partial charge on any atom is -0.00143 e. The molecule has 0 N–H and O–H groups in total. The Morgan fingerprint density at radius 3 is 1.50 bits per heavy atom. The zero-order valence-corrected chi connectivity index (χ0v) is 17.4. The van der Waals surface area contributed by atoms with Gasteiger partial charge in [0.05, 0.1) is 0 Å². The predicted molar refractivity (Wildman–Crippen MR) is 138 cm³/mol. The number of fused-ring (bicyclic) bond motifs is 13. The van der Waals surface area contributed by atoms with Crippen LogP contribution in [0.3, 0.4) is 0 Å². The van der Waals surface area contributed by atoms with Crippen molar-refractivity contribution in [3.8, 4) is 22.3 Å². The van der Waals surface area contributed by atoms with Crippen LogP contribution in [0.2, 0.25) is 0 Å². The fourth-order valence-corrected chi connectivity index (χ4v) is 5.84. The Hall–Kier alpha value is -4.16. The largest absolute Gasteiger partial charge is 0.0616 e. The van der Waals surface area contributed by atoms with Gasteiger partial charge in [0.15, 0.2) is 0 Å². The van der Waals surface area contributed by atoms with Crippen molar-refractivity contribution in [1.82, 2.24) is 0 Å². The van der Waals surface area contributed by atoms with Crippen molar-refractivity contribution in [2.24, 2.45) is 0 Å². The molecule has 0 aliphatic heterocycles. The lowest BCUT2D eigenvalue weighted by molar-refractivity contribution is 1.55. The van der Waals surface area contributed by atoms with Gasteiger partial charge in [-0.1, -0.05) is 97.1 Å². The molecule has 0 amide bonds. The molecule has 146 valence electrons. The number of hydrogen-bond donors (Lipinski definition) is 0. The van der Waals surface area contributed by atoms with Crippen LogP contribution < -0.4 is 0 Å². The molecule has 0 nitrogen and oxygen atoms in total. The smallest absolute Gasteiger partial charge is 0.00143 e. The van der Waals surface area contributed by atoms with Crippen LogP contribution in [0, 0.1) is 0 Å². The minimum atomic E-state index is 1.29. The first-order chi connectivity index (χ1) is 15.9. The van der Waals surface area contributed by atoms with E-state index in [-0.39, 0.29) is 0 Å². The Labute approximate surface area is 185 Å². The lowest BCUT2D eigenvalue weighted by Crippen LogP contribution is -1.98. The summed E-state index contributed by atoms with van der Waals surface area (Å²) in [6.07, 6.45) is 0. The molecule has 0 saturated heterocycles. The SMILES string of the molecule is c1ccc2c(c1)-c1cc3ccc4ccc5ccc6ccc7ccccc7c6c5c4c3cc1-2. The maximum atomic E-state index is 2.43. The van der Waals surface area contributed by atoms with Crippen LogP contribution in [0.5, 0.6) is 0 Å². The van der Waals surface area contributed by atoms with Gasteiger partial charge < -0.3 is 0 Å². The summed E-state index contributed by atoms with van der Waals surface area (Å²) in [7, 11) is 0. The molecule has 0 unspecified atom stereocenters. The zero-order chi connectivity index (χ0) is 20.8. The van der Waals surface area contributed by atoms with Crippen molar-refractivity contribution in [3.63, 3.8) is 0 Å². The Kier molecular flexibility index (Phi) is 2.97. The molecule has 0 aromatic heterocycles. The molecule has 8 rings (SSSR count). The quantitative estimate of drug-likeness (QED) is 0.222. The topological polar surface area (TPSA) is 0 Å². The third-order valence-electron chi connectivity index (χ3n) is 7.33. The predicted octanol–water partition coefficient (Wildman–Crippen LogP) is 9.10. The van der Waals surface area contributed by atoms with E-state index in [1.54, 1.807) is 0 Å². The summed E-state index contributed by atoms with van der Waals surface area (Å²) in [5.74, 6) is 0. The average molecular weight is 402 g/mol. The van der Waals surface area contributed by atoms with Gasteiger partial charge >= 0.3 is 0 Å². The van der Waals surface area contributed by atoms with E-state index in [0.29, 0.717) is 0 Å². The van der Waals surface area contributed by atoms with Gasteiger partial charge in [0.25, 0.3) is 0 Å². The molecule has 32 heavy (non-hydrogen) atoms. The molecule has 0 atom stereocenters. The van der Waals surface area contributed by atoms with Crippen LogP contribution in [0.25, 0.3) is 76.1 Å². The third-order valence-corrected chi connectivity index (χ3v) is 7.33. The molecule has 0 heteroatoms. The van der Waals surface area contributed by atoms with Crippen LogP contribution in [0.4, 0.5) is 0 Å². The van der Waals surface area contributed by atoms with Crippen molar-refractivity contribution in [3.05, 3.63) is 109 Å². The summed E-state index contributed by atoms with van der Waals surface area (Å²) in [5.41, 5.74) is 5.50. The van der Waals surface area contributed by atoms with E-state index in [9.17, 15) is 0 Å². The summed E-state index contributed by atoms with van der Waals surface area (Å²) < 4.78 is 0. The normalized spacial score (nSPS) is 12.4. The van der Waals surface area contributed by atoms with E-state index in [2.05, 4.69) is 109 Å². The van der Waals surface area contributed by atoms with Crippen molar-refractivity contribution in [2.75, 3.05) is 0 Å². The van der Waals surface area contributed by atoms with Crippen LogP contribution >= 0.6 is 0 Å². The number of rotatable bonds is 0. The average Bonchev–Trinajstić information content (AvgIpc) is 2.85. The van der Waals surface area contributed by atoms with E-state index < -0.39 is 0 Å². The van der Waals surface area contributed by atoms with Gasteiger partial charge in [-0.15, -0.1) is 0 Å². The highest BCUT2D eigenvalue weighted by atomic mass is 14.3. The summed E-state index contributed by atoms with van der Waals surface area (Å²) >= 11 is 0. The lowest BCUT2D eigenvalue weighted by Gasteiger charge is -2.25. The highest BCUT2D eigenvalue weighted by Crippen LogP contribution is 2.50. The Balaban J connectivity index is 1.63. The lowest BCUT2D eigenvalue weighted by atomic mass is 9.78. The van der Waals surface area contributed by atoms with E-state index >= 15 is 0 Å². The highest BCUT2D eigenvalue weighted by Gasteiger charge is 2.23. The van der Waals surface area contributed by atoms with E-state index in [0.717, 1.165) is 0 Å². The monoisotopic (exact) mass is 402 g/mol. The van der Waals surface area contributed by atoms with Crippen LogP contribution in [-0.2, 0) is 0 Å². The fourth-order valence-electron chi connectivity index (χ4n) is 5.84. The molecule has 0 radical (unpaired) electrons. The van der Waals surface area contributed by atoms with Gasteiger partial charge in [0.2, 0.25) is 0 Å². The number of benzene rings is 7. The zero-order valence-electron chi connectivity index (χ0n) is 17.4. The third kappa shape index (κ3) is 1.98. The minimum absolute atomic E-state index is 1.29. The molecule has 0 fully saturated rings. The van der Waals surface area contributed by atoms with Gasteiger partial charge in [-0.2, -0.15) is 0 Å². The Bertz CT molecular complexity index is 1910. The highest BCUT2D eigenvalue weighted by molar-refractivity contribution is 6.32. The van der Waals surface area contributed by atoms with Crippen molar-refractivity contribution in [2.45, 2.75) is 0 Å². The molecule has 7 aromatic rings. The van der Waals surface area contributed by atoms with Gasteiger partial charge in [-0.05, 0) is 88.2 Å². The molecular formula is C32H18. The van der Waals surface area contributed by atoms with Crippen molar-refractivity contribution >= 4 is 53.9 Å². The molecule has 0 heterocycles. The Morgan fingerprint density at radius 2 is 0.781 bits per heavy atom. The van der Waals surface area contributed by atoms with Gasteiger partial charge in [0.1, 0.15) is 0 Å². The van der Waals surface area contributed by atoms with Crippen LogP contribution in [0.1, 0.15) is 0 Å². The molecule has 0 saturated carbocycles. The standard InChI is InChI=1S/C32H18/c1-2-6-24-19(5-1)9-10-20-11-13-22-14-12-21-15-16-23-17-28-25-7-3-4-8-26(25)29(28)18-27(23)31(21)32(22)30(20)24/h1-18H. The summed E-state index contributed by atoms with van der Waals surface area (Å²) in [6.45, 7) is 0. The first-order valence-corrected chi connectivity index (χ1v) is 11.2. The molecule has 7 aromatic carbocycles. The van der Waals surface area contributed by atoms with Crippen molar-refractivity contribution in [1.29, 1.82) is 0 Å². The van der Waals surface area contributed by atoms with Crippen LogP contribution in [-0.4, -0.2) is 0 Å². The first-order valence-electron chi connectivity index (χ1n) is 11.2. The molecule has 1 aliphatic carbocycles. The van der Waals surface area contributed by atoms with E-state index in [1.165, 1.54) is 76.1 Å². The van der Waals surface area contributed by atoms with Gasteiger partial charge in [0, 0.05) is 0 Å². The molecule has 1 aliphatic rings. The summed E-state index contributed by atoms with van der Waals surface area (Å²) in [6, 6.07) is 40.5. The second-order valence-electron chi connectivity index (χ2n) is 8.94. The maximum absolute atomic E-state index is 2.43. The van der Waals surface area contributed by atoms with Gasteiger partial charge in [-0.3, -0.25) is 0 Å². The molecule has 0 spiro atoms. The van der Waals surface area contributed by atoms with Crippen LogP contribution in [0.15, 0.2) is 109 Å². The number of hydrogen-bond acceptors (Lipinski definition) is 0. The van der Waals surface area contributed by atoms with Gasteiger partial charge in [-0.25, -0.2) is 0 Å². The van der Waals surface area contributed by atoms with E-state index in [1.807, 2.05) is 0 Å². The molecular weight excluding hydrogens is 384 g/mol. The van der Waals surface area contributed by atoms with Crippen molar-refractivity contribution < 1.29 is 0 Å². The Morgan fingerprint density at radius 1 is 0.281 bits per heavy atom. The summed E-state index contributed by atoms with van der Waals surface area (Å²) in [5, 5.41) is 13.3. The fraction of sp³-hybridized carbons (Fsp3) is 0. The second-order valence-corrected chi connectivity index (χ2v) is 8.94. The van der Waals surface area contributed by atoms with E-state index in [4.69, 9.17) is 0 Å². The minimum Gasteiger partial charge on any atom is -0.0616 e. The molecule has 0 bridgehead atoms.